The molecule has 6 N–H and O–H groups in total. The van der Waals surface area contributed by atoms with Gasteiger partial charge in [-0.1, -0.05) is 43.7 Å². The normalized spacial score (nSPS) is 49.8. The van der Waals surface area contributed by atoms with E-state index in [1.54, 1.807) is 58.4 Å². The fraction of sp³-hybridized carbons (Fsp3) is 0.816. The maximum atomic E-state index is 13.7. The lowest BCUT2D eigenvalue weighted by atomic mass is 9.42. The van der Waals surface area contributed by atoms with Crippen LogP contribution in [0, 0.1) is 16.7 Å². The highest BCUT2D eigenvalue weighted by Gasteiger charge is 2.81. The Morgan fingerprint density at radius 2 is 1.38 bits per heavy atom. The summed E-state index contributed by atoms with van der Waals surface area (Å²) in [4.78, 5) is 13.7. The summed E-state index contributed by atoms with van der Waals surface area (Å²) in [6.07, 6.45) is -6.92. The lowest BCUT2D eigenvalue weighted by Gasteiger charge is -2.67. The number of carbonyl (C=O) groups excluding carboxylic acids is 1. The van der Waals surface area contributed by atoms with Crippen molar-refractivity contribution < 1.29 is 82.8 Å². The number of carbonyl (C=O) groups is 1. The van der Waals surface area contributed by atoms with Crippen LogP contribution in [0.1, 0.15) is 110 Å². The van der Waals surface area contributed by atoms with Gasteiger partial charge < -0.3 is 78.0 Å². The Morgan fingerprint density at radius 1 is 0.758 bits per heavy atom. The molecule has 372 valence electrons. The van der Waals surface area contributed by atoms with Crippen LogP contribution in [0.5, 0.6) is 0 Å². The van der Waals surface area contributed by atoms with Crippen molar-refractivity contribution in [2.75, 3.05) is 21.3 Å². The number of methoxy groups -OCH3 is 3. The Bertz CT molecular complexity index is 1890. The second-order valence-corrected chi connectivity index (χ2v) is 20.6. The third-order valence-corrected chi connectivity index (χ3v) is 17.4. The van der Waals surface area contributed by atoms with E-state index in [1.807, 2.05) is 19.9 Å². The predicted molar refractivity (Wildman–Crippen MR) is 234 cm³/mol. The van der Waals surface area contributed by atoms with Crippen LogP contribution in [-0.4, -0.2) is 173 Å². The van der Waals surface area contributed by atoms with Gasteiger partial charge in [0.2, 0.25) is 0 Å². The summed E-state index contributed by atoms with van der Waals surface area (Å²) in [5.41, 5.74) is -6.24. The SMILES string of the molecule is CO[C@H]1[C@@H](O)[C@H](O[C@H]2[C@@H](OC)C[C@H](O[C@H]3[C@@H](OC)C[C@H](O[C@H]4CC[C@@]5(C)C(=CC[C@]6(O)[C@@H]5C[C@@H](OC(=O)c5ccccc5)[C@@]5(C)[C@]6(O)CC[C@@]5(O)[C@H](C)O)C4)O[C@@H]3C)O[C@@H]2C)O[C@H](C)[C@H]1O. The highest BCUT2D eigenvalue weighted by molar-refractivity contribution is 5.89. The van der Waals surface area contributed by atoms with E-state index in [-0.39, 0.29) is 31.8 Å². The maximum absolute atomic E-state index is 13.7. The van der Waals surface area contributed by atoms with Gasteiger partial charge in [0, 0.05) is 40.1 Å². The molecule has 3 saturated heterocycles. The van der Waals surface area contributed by atoms with Crippen LogP contribution in [-0.2, 0) is 47.4 Å². The molecule has 0 bridgehead atoms. The van der Waals surface area contributed by atoms with Gasteiger partial charge in [-0.15, -0.1) is 0 Å². The fourth-order valence-electron chi connectivity index (χ4n) is 13.3. The molecule has 0 spiro atoms. The molecule has 0 amide bonds. The Balaban J connectivity index is 0.924. The van der Waals surface area contributed by atoms with Crippen molar-refractivity contribution in [3.63, 3.8) is 0 Å². The molecule has 0 radical (unpaired) electrons. The minimum Gasteiger partial charge on any atom is -0.458 e. The number of aliphatic hydroxyl groups is 6. The molecule has 7 aliphatic rings. The first-order chi connectivity index (χ1) is 31.2. The monoisotopic (exact) mass is 934 g/mol. The first-order valence-corrected chi connectivity index (χ1v) is 23.9. The number of rotatable bonds is 12. The van der Waals surface area contributed by atoms with Crippen LogP contribution in [0.4, 0.5) is 0 Å². The van der Waals surface area contributed by atoms with Gasteiger partial charge in [0.1, 0.15) is 53.4 Å². The van der Waals surface area contributed by atoms with E-state index in [4.69, 9.17) is 47.4 Å². The molecule has 17 heteroatoms. The largest absolute Gasteiger partial charge is 0.458 e. The van der Waals surface area contributed by atoms with Gasteiger partial charge in [-0.25, -0.2) is 4.79 Å². The third-order valence-electron chi connectivity index (χ3n) is 17.4. The number of esters is 1. The number of hydrogen-bond donors (Lipinski definition) is 6. The number of ether oxygens (including phenoxy) is 10. The molecule has 3 aliphatic heterocycles. The second-order valence-electron chi connectivity index (χ2n) is 20.6. The van der Waals surface area contributed by atoms with Crippen LogP contribution >= 0.6 is 0 Å². The van der Waals surface area contributed by atoms with E-state index in [0.717, 1.165) is 5.57 Å². The quantitative estimate of drug-likeness (QED) is 0.131. The van der Waals surface area contributed by atoms with Crippen LogP contribution in [0.15, 0.2) is 42.0 Å². The van der Waals surface area contributed by atoms with E-state index < -0.39 is 132 Å². The topological polar surface area (TPSA) is 231 Å². The summed E-state index contributed by atoms with van der Waals surface area (Å²) in [7, 11) is 4.62. The number of benzene rings is 1. The van der Waals surface area contributed by atoms with Gasteiger partial charge in [-0.3, -0.25) is 0 Å². The molecule has 66 heavy (non-hydrogen) atoms. The molecule has 6 fully saturated rings. The Morgan fingerprint density at radius 3 is 1.98 bits per heavy atom. The molecular formula is C49H74O17. The first kappa shape index (κ1) is 50.2. The van der Waals surface area contributed by atoms with Gasteiger partial charge in [-0.2, -0.15) is 0 Å². The summed E-state index contributed by atoms with van der Waals surface area (Å²) < 4.78 is 61.7. The summed E-state index contributed by atoms with van der Waals surface area (Å²) >= 11 is 0. The maximum Gasteiger partial charge on any atom is 0.338 e. The van der Waals surface area contributed by atoms with Gasteiger partial charge in [0.15, 0.2) is 18.9 Å². The number of hydrogen-bond acceptors (Lipinski definition) is 17. The summed E-state index contributed by atoms with van der Waals surface area (Å²) in [5, 5.41) is 70.5. The van der Waals surface area contributed by atoms with Gasteiger partial charge in [0.25, 0.3) is 0 Å². The van der Waals surface area contributed by atoms with Crippen molar-refractivity contribution in [3.05, 3.63) is 47.5 Å². The molecule has 4 aliphatic carbocycles. The van der Waals surface area contributed by atoms with Gasteiger partial charge in [0.05, 0.1) is 53.7 Å². The minimum atomic E-state index is -1.90. The average molecular weight is 935 g/mol. The Kier molecular flexibility index (Phi) is 14.4. The lowest BCUT2D eigenvalue weighted by molar-refractivity contribution is -0.352. The molecule has 8 rings (SSSR count). The third kappa shape index (κ3) is 8.12. The first-order valence-electron chi connectivity index (χ1n) is 23.9. The van der Waals surface area contributed by atoms with Crippen molar-refractivity contribution in [1.29, 1.82) is 0 Å². The lowest BCUT2D eigenvalue weighted by Crippen LogP contribution is -2.78. The minimum absolute atomic E-state index is 0.0149. The Labute approximate surface area is 387 Å². The molecule has 3 heterocycles. The van der Waals surface area contributed by atoms with Gasteiger partial charge >= 0.3 is 5.97 Å². The standard InChI is InChI=1S/C49H74O17/c1-25-38(51)42(59-9)39(52)44(62-25)66-41-27(3)61-37(23-33(41)58-8)65-40-26(2)60-36(22-32(40)57-7)63-31-16-17-45(5)30(21-31)15-18-48(55)34(45)24-35(64-43(53)29-13-11-10-12-14-29)46(6)47(54,28(4)50)19-20-49(46,48)56/h10-15,25-28,31-42,44,50-52,54-56H,16-24H2,1-9H3/t25-,26-,27-,28+,31+,32+,33+,34-,35-,36+,37+,38-,39-,40-,41-,42-,44+,45+,46-,47-,48+,49-/m1/s1. The summed E-state index contributed by atoms with van der Waals surface area (Å²) in [6.45, 7) is 10.7. The molecule has 3 saturated carbocycles. The van der Waals surface area contributed by atoms with Crippen LogP contribution in [0.3, 0.4) is 0 Å². The molecule has 1 aromatic rings. The van der Waals surface area contributed by atoms with E-state index in [2.05, 4.69) is 6.92 Å². The second kappa shape index (κ2) is 18.9. The van der Waals surface area contributed by atoms with Gasteiger partial charge in [-0.05, 0) is 90.2 Å². The Hall–Kier alpha value is -2.17. The van der Waals surface area contributed by atoms with Crippen molar-refractivity contribution >= 4 is 5.97 Å². The van der Waals surface area contributed by atoms with E-state index >= 15 is 0 Å². The molecular weight excluding hydrogens is 861 g/mol. The average Bonchev–Trinajstić information content (AvgIpc) is 3.52. The van der Waals surface area contributed by atoms with Crippen LogP contribution in [0.25, 0.3) is 0 Å². The zero-order valence-electron chi connectivity index (χ0n) is 39.8. The fourth-order valence-corrected chi connectivity index (χ4v) is 13.3. The highest BCUT2D eigenvalue weighted by Crippen LogP contribution is 2.71. The van der Waals surface area contributed by atoms with Crippen LogP contribution in [0.2, 0.25) is 0 Å². The van der Waals surface area contributed by atoms with E-state index in [0.29, 0.717) is 37.7 Å². The summed E-state index contributed by atoms with van der Waals surface area (Å²) in [6, 6.07) is 8.57. The van der Waals surface area contributed by atoms with E-state index in [9.17, 15) is 35.4 Å². The van der Waals surface area contributed by atoms with Crippen molar-refractivity contribution in [2.45, 2.75) is 214 Å². The molecule has 17 nitrogen and oxygen atoms in total. The smallest absolute Gasteiger partial charge is 0.338 e. The van der Waals surface area contributed by atoms with Crippen molar-refractivity contribution in [3.8, 4) is 0 Å². The van der Waals surface area contributed by atoms with Crippen molar-refractivity contribution in [1.82, 2.24) is 0 Å². The predicted octanol–water partition coefficient (Wildman–Crippen LogP) is 3.06. The summed E-state index contributed by atoms with van der Waals surface area (Å²) in [5.74, 6) is -1.15. The molecule has 1 aromatic carbocycles. The molecule has 0 unspecified atom stereocenters. The number of fused-ring (bicyclic) bond motifs is 5. The highest BCUT2D eigenvalue weighted by atomic mass is 16.8. The molecule has 22 atom stereocenters. The van der Waals surface area contributed by atoms with Crippen LogP contribution < -0.4 is 0 Å². The zero-order chi connectivity index (χ0) is 47.7. The molecule has 0 aromatic heterocycles. The van der Waals surface area contributed by atoms with E-state index in [1.165, 1.54) is 14.0 Å². The zero-order valence-corrected chi connectivity index (χ0v) is 39.8. The number of aliphatic hydroxyl groups excluding tert-OH is 3. The van der Waals surface area contributed by atoms with Crippen molar-refractivity contribution in [2.24, 2.45) is 16.7 Å².